The Labute approximate surface area is 106 Å². The lowest BCUT2D eigenvalue weighted by Crippen LogP contribution is -2.04. The van der Waals surface area contributed by atoms with Gasteiger partial charge in [0, 0.05) is 18.7 Å². The molecule has 0 aliphatic carbocycles. The molecule has 0 aliphatic rings. The van der Waals surface area contributed by atoms with Gasteiger partial charge in [-0.1, -0.05) is 32.6 Å². The van der Waals surface area contributed by atoms with E-state index in [1.54, 1.807) is 0 Å². The molecule has 1 rings (SSSR count). The van der Waals surface area contributed by atoms with Gasteiger partial charge in [-0.2, -0.15) is 0 Å². The Kier molecular flexibility index (Phi) is 6.11. The fourth-order valence-corrected chi connectivity index (χ4v) is 1.71. The second-order valence-corrected chi connectivity index (χ2v) is 4.26. The van der Waals surface area contributed by atoms with Crippen LogP contribution in [0.25, 0.3) is 0 Å². The summed E-state index contributed by atoms with van der Waals surface area (Å²) in [6.07, 6.45) is 5.62. The molecule has 0 aliphatic heterocycles. The molecule has 0 heterocycles. The van der Waals surface area contributed by atoms with Gasteiger partial charge in [0.2, 0.25) is 0 Å². The van der Waals surface area contributed by atoms with Crippen molar-refractivity contribution in [3.05, 3.63) is 34.1 Å². The van der Waals surface area contributed by atoms with E-state index in [1.807, 2.05) is 0 Å². The molecular formula is C13H19FN2O2. The van der Waals surface area contributed by atoms with Crippen molar-refractivity contribution in [2.75, 3.05) is 11.9 Å². The Morgan fingerprint density at radius 1 is 1.28 bits per heavy atom. The zero-order valence-electron chi connectivity index (χ0n) is 10.6. The van der Waals surface area contributed by atoms with E-state index in [4.69, 9.17) is 0 Å². The van der Waals surface area contributed by atoms with Crippen LogP contribution in [0.15, 0.2) is 18.2 Å². The summed E-state index contributed by atoms with van der Waals surface area (Å²) in [6.45, 7) is 2.79. The zero-order valence-corrected chi connectivity index (χ0v) is 10.6. The number of hydrogen-bond donors (Lipinski definition) is 1. The Morgan fingerprint density at radius 2 is 2.00 bits per heavy atom. The molecule has 0 atom stereocenters. The van der Waals surface area contributed by atoms with E-state index in [2.05, 4.69) is 12.2 Å². The molecule has 5 heteroatoms. The van der Waals surface area contributed by atoms with Crippen molar-refractivity contribution in [1.29, 1.82) is 0 Å². The van der Waals surface area contributed by atoms with Crippen molar-refractivity contribution in [3.8, 4) is 0 Å². The molecule has 0 saturated heterocycles. The standard InChI is InChI=1S/C13H19FN2O2/c1-2-3-4-5-6-9-15-13-10-11(16(17)18)7-8-12(13)14/h7-8,10,15H,2-6,9H2,1H3. The van der Waals surface area contributed by atoms with Crippen LogP contribution in [-0.4, -0.2) is 11.5 Å². The predicted octanol–water partition coefficient (Wildman–Crippen LogP) is 4.12. The summed E-state index contributed by atoms with van der Waals surface area (Å²) in [5.41, 5.74) is 0.115. The summed E-state index contributed by atoms with van der Waals surface area (Å²) in [7, 11) is 0. The van der Waals surface area contributed by atoms with Crippen LogP contribution in [0.1, 0.15) is 39.0 Å². The topological polar surface area (TPSA) is 55.2 Å². The summed E-state index contributed by atoms with van der Waals surface area (Å²) in [6, 6.07) is 3.53. The molecular weight excluding hydrogens is 235 g/mol. The van der Waals surface area contributed by atoms with Gasteiger partial charge in [-0.15, -0.1) is 0 Å². The number of nitrogens with one attached hydrogen (secondary N) is 1. The van der Waals surface area contributed by atoms with Crippen LogP contribution < -0.4 is 5.32 Å². The molecule has 0 fully saturated rings. The van der Waals surface area contributed by atoms with Crippen LogP contribution >= 0.6 is 0 Å². The number of nitro groups is 1. The third-order valence-corrected chi connectivity index (χ3v) is 2.76. The average molecular weight is 254 g/mol. The van der Waals surface area contributed by atoms with Crippen molar-refractivity contribution < 1.29 is 9.31 Å². The number of nitro benzene ring substituents is 1. The number of halogens is 1. The maximum absolute atomic E-state index is 13.4. The number of rotatable bonds is 8. The Hall–Kier alpha value is -1.65. The second-order valence-electron chi connectivity index (χ2n) is 4.26. The Balaban J connectivity index is 2.41. The average Bonchev–Trinajstić information content (AvgIpc) is 2.35. The minimum Gasteiger partial charge on any atom is -0.382 e. The van der Waals surface area contributed by atoms with Gasteiger partial charge in [0.25, 0.3) is 5.69 Å². The molecule has 1 aromatic carbocycles. The van der Waals surface area contributed by atoms with Crippen molar-refractivity contribution in [3.63, 3.8) is 0 Å². The summed E-state index contributed by atoms with van der Waals surface area (Å²) in [5, 5.41) is 13.5. The first-order chi connectivity index (χ1) is 8.65. The van der Waals surface area contributed by atoms with Gasteiger partial charge in [-0.25, -0.2) is 4.39 Å². The number of hydrogen-bond acceptors (Lipinski definition) is 3. The molecule has 0 amide bonds. The SMILES string of the molecule is CCCCCCCNc1cc([N+](=O)[O-])ccc1F. The summed E-state index contributed by atoms with van der Waals surface area (Å²) >= 11 is 0. The molecule has 0 bridgehead atoms. The lowest BCUT2D eigenvalue weighted by Gasteiger charge is -2.07. The van der Waals surface area contributed by atoms with Crippen LogP contribution in [0.2, 0.25) is 0 Å². The van der Waals surface area contributed by atoms with Gasteiger partial charge in [0.05, 0.1) is 10.6 Å². The molecule has 0 saturated carbocycles. The van der Waals surface area contributed by atoms with E-state index in [9.17, 15) is 14.5 Å². The largest absolute Gasteiger partial charge is 0.382 e. The lowest BCUT2D eigenvalue weighted by molar-refractivity contribution is -0.384. The first kappa shape index (κ1) is 14.4. The molecule has 100 valence electrons. The summed E-state index contributed by atoms with van der Waals surface area (Å²) in [5.74, 6) is -0.450. The first-order valence-corrected chi connectivity index (χ1v) is 6.33. The quantitative estimate of drug-likeness (QED) is 0.431. The number of benzene rings is 1. The molecule has 0 unspecified atom stereocenters. The van der Waals surface area contributed by atoms with Crippen LogP contribution in [0, 0.1) is 15.9 Å². The molecule has 1 N–H and O–H groups in total. The minimum atomic E-state index is -0.522. The minimum absolute atomic E-state index is 0.0927. The van der Waals surface area contributed by atoms with Crippen LogP contribution in [0.5, 0.6) is 0 Å². The Morgan fingerprint density at radius 3 is 2.67 bits per heavy atom. The van der Waals surface area contributed by atoms with E-state index in [1.165, 1.54) is 31.4 Å². The predicted molar refractivity (Wildman–Crippen MR) is 70.3 cm³/mol. The van der Waals surface area contributed by atoms with Crippen LogP contribution in [-0.2, 0) is 0 Å². The monoisotopic (exact) mass is 254 g/mol. The van der Waals surface area contributed by atoms with Gasteiger partial charge >= 0.3 is 0 Å². The summed E-state index contributed by atoms with van der Waals surface area (Å²) < 4.78 is 13.4. The van der Waals surface area contributed by atoms with Gasteiger partial charge < -0.3 is 5.32 Å². The van der Waals surface area contributed by atoms with E-state index >= 15 is 0 Å². The highest BCUT2D eigenvalue weighted by molar-refractivity contribution is 5.52. The van der Waals surface area contributed by atoms with Gasteiger partial charge in [-0.05, 0) is 12.5 Å². The third kappa shape index (κ3) is 4.69. The highest BCUT2D eigenvalue weighted by Gasteiger charge is 2.09. The fourth-order valence-electron chi connectivity index (χ4n) is 1.71. The Bertz CT molecular complexity index is 397. The normalized spacial score (nSPS) is 10.3. The number of nitrogens with zero attached hydrogens (tertiary/aromatic N) is 1. The smallest absolute Gasteiger partial charge is 0.271 e. The number of non-ortho nitro benzene ring substituents is 1. The molecule has 0 radical (unpaired) electrons. The molecule has 0 aromatic heterocycles. The highest BCUT2D eigenvalue weighted by Crippen LogP contribution is 2.21. The van der Waals surface area contributed by atoms with Gasteiger partial charge in [0.15, 0.2) is 0 Å². The van der Waals surface area contributed by atoms with Crippen molar-refractivity contribution in [2.24, 2.45) is 0 Å². The molecule has 4 nitrogen and oxygen atoms in total. The first-order valence-electron chi connectivity index (χ1n) is 6.33. The maximum atomic E-state index is 13.4. The number of unbranched alkanes of at least 4 members (excludes halogenated alkanes) is 4. The van der Waals surface area contributed by atoms with Crippen LogP contribution in [0.3, 0.4) is 0 Å². The molecule has 18 heavy (non-hydrogen) atoms. The number of anilines is 1. The van der Waals surface area contributed by atoms with E-state index in [0.29, 0.717) is 6.54 Å². The third-order valence-electron chi connectivity index (χ3n) is 2.76. The summed E-state index contributed by atoms with van der Waals surface area (Å²) in [4.78, 5) is 10.0. The maximum Gasteiger partial charge on any atom is 0.271 e. The van der Waals surface area contributed by atoms with E-state index in [0.717, 1.165) is 18.9 Å². The van der Waals surface area contributed by atoms with Crippen LogP contribution in [0.4, 0.5) is 15.8 Å². The fraction of sp³-hybridized carbons (Fsp3) is 0.538. The molecule has 1 aromatic rings. The van der Waals surface area contributed by atoms with Gasteiger partial charge in [-0.3, -0.25) is 10.1 Å². The van der Waals surface area contributed by atoms with Gasteiger partial charge in [0.1, 0.15) is 5.82 Å². The zero-order chi connectivity index (χ0) is 13.4. The van der Waals surface area contributed by atoms with Crippen molar-refractivity contribution >= 4 is 11.4 Å². The lowest BCUT2D eigenvalue weighted by atomic mass is 10.1. The van der Waals surface area contributed by atoms with Crippen molar-refractivity contribution in [1.82, 2.24) is 0 Å². The van der Waals surface area contributed by atoms with Crippen molar-refractivity contribution in [2.45, 2.75) is 39.0 Å². The van der Waals surface area contributed by atoms with E-state index in [-0.39, 0.29) is 11.4 Å². The highest BCUT2D eigenvalue weighted by atomic mass is 19.1. The van der Waals surface area contributed by atoms with E-state index < -0.39 is 10.7 Å². The second kappa shape index (κ2) is 7.63. The molecule has 0 spiro atoms.